The average molecular weight is 1500 g/mol. The SMILES string of the molecule is C#C[Si](C)(C)C.C1=CC2C=CC1C2.C[C@@H]1/C(=C\c2ccccc2)C(=O)[C@@H]2[C@H]1[C@H]1C=C[C@@H]2C1.C[C@H]1C=CC(=O)/C1=C/c1ccccc1.C[Si](C)(C)C1=C[C@H]2[C@@H](C1=O)[C@@H]1C=C[C@H]2C1.C[Si](C)(C)C1=C[C@H]2[C@@H](C1=O)[C@@H]1C=C[C@H]2C1.[C-]#[O+].[C-]#[O+].[C-]#[O+].[C-]#[O+].[C-]#[O+].[C-]#[O+].[C-]#[O+].[C-]#[O+].[CH3-].[CH3-].[Co].[Co].[Cu+].[Li+]. The molecule has 8 bridgehead atoms. The molecule has 0 spiro atoms. The Morgan fingerprint density at radius 3 is 1.02 bits per heavy atom. The number of ketones is 4. The molecule has 12 aliphatic rings. The molecule has 2 aromatic carbocycles. The van der Waals surface area contributed by atoms with Gasteiger partial charge in [0.05, 0.1) is 16.1 Å². The van der Waals surface area contributed by atoms with Crippen LogP contribution in [0.1, 0.15) is 50.7 Å². The third kappa shape index (κ3) is 27.3. The molecule has 19 heteroatoms. The van der Waals surface area contributed by atoms with Crippen LogP contribution in [-0.4, -0.2) is 47.4 Å². The Morgan fingerprint density at radius 1 is 0.439 bits per heavy atom. The van der Waals surface area contributed by atoms with E-state index in [2.05, 4.69) is 216 Å². The number of carbonyl (C=O) groups is 4. The molecule has 14 rings (SSSR count). The molecular formula is C79H90Co2CuLiO12Si3. The summed E-state index contributed by atoms with van der Waals surface area (Å²) < 4.78 is 60.0. The molecule has 0 unspecified atom stereocenters. The molecule has 0 heterocycles. The molecular weight excluding hydrogens is 1410 g/mol. The maximum absolute atomic E-state index is 12.7. The van der Waals surface area contributed by atoms with Crippen molar-refractivity contribution in [1.82, 2.24) is 0 Å². The summed E-state index contributed by atoms with van der Waals surface area (Å²) >= 11 is 0. The van der Waals surface area contributed by atoms with Gasteiger partial charge < -0.3 is 14.9 Å². The van der Waals surface area contributed by atoms with Crippen LogP contribution in [-0.2, 0) is 107 Å². The van der Waals surface area contributed by atoms with Gasteiger partial charge in [0.1, 0.15) is 8.07 Å². The molecule has 520 valence electrons. The third-order valence-corrected chi connectivity index (χ3v) is 23.4. The topological polar surface area (TPSA) is 227 Å². The fraction of sp³-hybridized carbons (Fsp3) is 0.392. The molecule has 0 aromatic heterocycles. The van der Waals surface area contributed by atoms with Gasteiger partial charge in [-0.05, 0) is 142 Å². The zero-order chi connectivity index (χ0) is 70.4. The standard InChI is InChI=1S/C18H18O.2C13H18OSi.C13H12O.C7H8.C5H10Si.8CO.2CH3.2Co.Cu.Li/c1-11-15(9-12-5-3-2-4-6-12)18(19)17-14-8-7-13(10-14)16(11)17;2*1-15(2,3)11-7-10-8-4-5-9(6-8)12(10)13(11)14;1-10-7-8-13(14)12(10)9-11-5-3-2-4-6-11;1-2-7-4-3-6(1)5-7;1-5-6(2,3)4;8*1-2;;;;;;/h2-9,11,13-14,16-17H,10H2,1H3;2*4-5,7-10,12H,6H2,1-3H3;2-10H,1H3;1-4,6-7H,5H2;1H,2-4H3;;;;;;;;;2*1H3;;;;/q;;;;;;;;;;;;;;2*-1;;;2*+1/b15-9+;;;12-9+;;;;;;;;;;;;;;;;/t11-,13+,14-,16-,17+;2*8-,9+,10+,12-;10-;;;;;;;;;;;;;;;;/m1000................/s1. The number of hydrogen-bond donors (Lipinski definition) is 0. The first-order valence-electron chi connectivity index (χ1n) is 30.4. The number of hydrogen-bond acceptors (Lipinski definition) is 4. The van der Waals surface area contributed by atoms with Gasteiger partial charge >= 0.3 is 126 Å². The van der Waals surface area contributed by atoms with E-state index >= 15 is 0 Å². The maximum atomic E-state index is 12.7. The van der Waals surface area contributed by atoms with Crippen molar-refractivity contribution in [1.29, 1.82) is 0 Å². The van der Waals surface area contributed by atoms with Crippen LogP contribution in [0, 0.1) is 175 Å². The summed E-state index contributed by atoms with van der Waals surface area (Å²) in [6.07, 6.45) is 45.6. The molecule has 4 saturated carbocycles. The second-order valence-corrected chi connectivity index (χ2v) is 41.8. The maximum Gasteiger partial charge on any atom is 1.00 e. The molecule has 14 atom stereocenters. The van der Waals surface area contributed by atoms with Gasteiger partial charge in [0.15, 0.2) is 23.1 Å². The van der Waals surface area contributed by atoms with Gasteiger partial charge in [-0.15, -0.1) is 12.0 Å². The van der Waals surface area contributed by atoms with Crippen molar-refractivity contribution in [2.75, 3.05) is 0 Å². The van der Waals surface area contributed by atoms with E-state index < -0.39 is 24.2 Å². The average Bonchev–Trinajstić information content (AvgIpc) is 1.60. The van der Waals surface area contributed by atoms with E-state index in [0.717, 1.165) is 34.1 Å². The summed E-state index contributed by atoms with van der Waals surface area (Å²) in [6.45, 7) is 60.4. The molecule has 2 aromatic rings. The third-order valence-electron chi connectivity index (χ3n) is 18.4. The second-order valence-electron chi connectivity index (χ2n) is 27.0. The quantitative estimate of drug-likeness (QED) is 0.0726. The fourth-order valence-electron chi connectivity index (χ4n) is 14.4. The predicted octanol–water partition coefficient (Wildman–Crippen LogP) is 13.0. The Hall–Kier alpha value is -5.22. The minimum atomic E-state index is -1.40. The number of allylic oxidation sites excluding steroid dienone is 18. The van der Waals surface area contributed by atoms with E-state index in [4.69, 9.17) is 43.6 Å². The van der Waals surface area contributed by atoms with Gasteiger partial charge in [0.25, 0.3) is 0 Å². The van der Waals surface area contributed by atoms with Crippen molar-refractivity contribution in [2.24, 2.45) is 94.7 Å². The van der Waals surface area contributed by atoms with E-state index in [-0.39, 0.29) is 102 Å². The van der Waals surface area contributed by atoms with Crippen LogP contribution in [0.5, 0.6) is 0 Å². The number of terminal acetylenes is 1. The van der Waals surface area contributed by atoms with Crippen molar-refractivity contribution in [3.8, 4) is 12.0 Å². The molecule has 12 nitrogen and oxygen atoms in total. The van der Waals surface area contributed by atoms with Crippen molar-refractivity contribution >= 4 is 59.5 Å². The summed E-state index contributed by atoms with van der Waals surface area (Å²) in [5.74, 6) is 10.1. The summed E-state index contributed by atoms with van der Waals surface area (Å²) in [6, 6.07) is 20.2. The van der Waals surface area contributed by atoms with Crippen molar-refractivity contribution in [3.05, 3.63) is 246 Å². The van der Waals surface area contributed by atoms with E-state index in [0.29, 0.717) is 88.4 Å². The van der Waals surface area contributed by atoms with Gasteiger partial charge in [0.2, 0.25) is 0 Å². The van der Waals surface area contributed by atoms with Crippen LogP contribution < -0.4 is 18.9 Å². The summed E-state index contributed by atoms with van der Waals surface area (Å²) in [7, 11) is -3.91. The Bertz CT molecular complexity index is 3220. The van der Waals surface area contributed by atoms with Gasteiger partial charge in [-0.2, -0.15) is 0 Å². The van der Waals surface area contributed by atoms with Crippen molar-refractivity contribution < 1.29 is 126 Å². The zero-order valence-electron chi connectivity index (χ0n) is 58.5. The molecule has 2 radical (unpaired) electrons. The zero-order valence-corrected chi connectivity index (χ0v) is 64.5. The van der Waals surface area contributed by atoms with E-state index in [1.165, 1.54) is 36.1 Å². The number of rotatable bonds is 4. The van der Waals surface area contributed by atoms with Crippen LogP contribution in [0.25, 0.3) is 12.2 Å². The minimum absolute atomic E-state index is 0. The van der Waals surface area contributed by atoms with E-state index in [9.17, 15) is 19.2 Å². The van der Waals surface area contributed by atoms with Gasteiger partial charge in [-0.3, -0.25) is 19.2 Å². The first kappa shape index (κ1) is 104. The number of Topliss-reactive ketones (excluding diaryl/α,β-unsaturated/α-hetero) is 3. The van der Waals surface area contributed by atoms with E-state index in [1.54, 1.807) is 6.08 Å². The molecule has 12 aliphatic carbocycles. The van der Waals surface area contributed by atoms with Crippen LogP contribution in [0.3, 0.4) is 0 Å². The molecule has 0 N–H and O–H groups in total. The Morgan fingerprint density at radius 2 is 0.745 bits per heavy atom. The fourth-order valence-corrected chi connectivity index (χ4v) is 17.6. The normalized spacial score (nSPS) is 28.2. The Labute approximate surface area is 631 Å². The first-order valence-corrected chi connectivity index (χ1v) is 40.9. The van der Waals surface area contributed by atoms with Crippen molar-refractivity contribution in [3.63, 3.8) is 0 Å². The smallest absolute Gasteiger partial charge is 0.358 e. The molecule has 0 saturated heterocycles. The number of fused-ring (bicyclic) bond motifs is 17. The van der Waals surface area contributed by atoms with Gasteiger partial charge in [-0.1, -0.05) is 212 Å². The summed E-state index contributed by atoms with van der Waals surface area (Å²) in [4.78, 5) is 48.8. The Kier molecular flexibility index (Phi) is 54.0. The van der Waals surface area contributed by atoms with Crippen molar-refractivity contribution in [2.45, 2.75) is 98.5 Å². The molecule has 98 heavy (non-hydrogen) atoms. The second kappa shape index (κ2) is 51.0. The minimum Gasteiger partial charge on any atom is -0.358 e. The van der Waals surface area contributed by atoms with Crippen LogP contribution in [0.2, 0.25) is 58.9 Å². The van der Waals surface area contributed by atoms with Crippen LogP contribution >= 0.6 is 0 Å². The van der Waals surface area contributed by atoms with Gasteiger partial charge in [0, 0.05) is 62.8 Å². The largest absolute Gasteiger partial charge is 1.00 e. The van der Waals surface area contributed by atoms with Crippen LogP contribution in [0.15, 0.2) is 167 Å². The Balaban J connectivity index is -0.000000251. The molecule has 4 fully saturated rings. The molecule has 0 amide bonds. The predicted molar refractivity (Wildman–Crippen MR) is 369 cm³/mol. The summed E-state index contributed by atoms with van der Waals surface area (Å²) in [5.41, 5.74) is 6.92. The van der Waals surface area contributed by atoms with Gasteiger partial charge in [-0.25, -0.2) is 0 Å². The number of carbonyl (C=O) groups excluding carboxylic acids is 4. The summed E-state index contributed by atoms with van der Waals surface area (Å²) in [5, 5.41) is 2.44. The first-order chi connectivity index (χ1) is 44.0. The van der Waals surface area contributed by atoms with E-state index in [1.807, 2.05) is 67.6 Å². The number of benzene rings is 2. The monoisotopic (exact) mass is 1500 g/mol. The molecule has 0 aliphatic heterocycles. The van der Waals surface area contributed by atoms with Crippen LogP contribution in [0.4, 0.5) is 0 Å².